The third-order valence-corrected chi connectivity index (χ3v) is 6.75. The zero-order valence-corrected chi connectivity index (χ0v) is 12.6. The van der Waals surface area contributed by atoms with Gasteiger partial charge in [0.25, 0.3) is 0 Å². The van der Waals surface area contributed by atoms with Crippen molar-refractivity contribution >= 4 is 14.0 Å². The molecule has 1 aromatic carbocycles. The number of hydrogen-bond acceptors (Lipinski definition) is 0. The Bertz CT molecular complexity index is 393. The van der Waals surface area contributed by atoms with Gasteiger partial charge in [0.05, 0.1) is 0 Å². The second kappa shape index (κ2) is 3.90. The molecule has 1 unspecified atom stereocenters. The molecule has 2 rings (SSSR count). The van der Waals surface area contributed by atoms with E-state index >= 15 is 0 Å². The summed E-state index contributed by atoms with van der Waals surface area (Å²) in [7, 11) is -0.662. The molecule has 0 radical (unpaired) electrons. The monoisotopic (exact) mass is 277 g/mol. The fourth-order valence-corrected chi connectivity index (χ4v) is 5.73. The molecule has 71 valence electrons. The van der Waals surface area contributed by atoms with Crippen LogP contribution in [0.4, 0.5) is 0 Å². The van der Waals surface area contributed by atoms with Gasteiger partial charge in [0, 0.05) is 0 Å². The van der Waals surface area contributed by atoms with E-state index in [1.807, 2.05) is 0 Å². The first-order chi connectivity index (χ1) is 6.63. The van der Waals surface area contributed by atoms with Crippen molar-refractivity contribution < 1.29 is 24.7 Å². The summed E-state index contributed by atoms with van der Waals surface area (Å²) < 4.78 is 0.739. The molecule has 0 nitrogen and oxygen atoms in total. The van der Waals surface area contributed by atoms with Crippen LogP contribution in [0.3, 0.4) is 0 Å². The normalized spacial score (nSPS) is 20.4. The van der Waals surface area contributed by atoms with Crippen LogP contribution in [0.5, 0.6) is 0 Å². The van der Waals surface area contributed by atoms with E-state index in [0.29, 0.717) is 0 Å². The third-order valence-electron chi connectivity index (χ3n) is 3.00. The summed E-state index contributed by atoms with van der Waals surface area (Å²) in [6.07, 6.45) is 0. The molecule has 14 heavy (non-hydrogen) atoms. The maximum atomic E-state index is 2.43. The van der Waals surface area contributed by atoms with Crippen molar-refractivity contribution in [3.05, 3.63) is 41.0 Å². The second-order valence-corrected chi connectivity index (χ2v) is 8.58. The van der Waals surface area contributed by atoms with E-state index in [2.05, 4.69) is 44.3 Å². The molecule has 1 aliphatic carbocycles. The fourth-order valence-electron chi connectivity index (χ4n) is 2.36. The standard InChI is InChI=1S/C12H15Si.Zr/c1-9-8-10-6-4-5-7-11(10)12(9)13(2)3;/h4-8,13H,1-3H3;. The Morgan fingerprint density at radius 3 is 2.50 bits per heavy atom. The van der Waals surface area contributed by atoms with E-state index in [1.54, 1.807) is 46.6 Å². The number of rotatable bonds is 1. The molecule has 0 saturated heterocycles. The molecule has 1 aromatic rings. The van der Waals surface area contributed by atoms with Crippen LogP contribution in [0.15, 0.2) is 29.8 Å². The van der Waals surface area contributed by atoms with Gasteiger partial charge in [0.15, 0.2) is 0 Å². The quantitative estimate of drug-likeness (QED) is 0.693. The molecule has 0 aliphatic heterocycles. The van der Waals surface area contributed by atoms with Gasteiger partial charge in [-0.1, -0.05) is 0 Å². The topological polar surface area (TPSA) is 0 Å². The number of benzene rings is 1. The van der Waals surface area contributed by atoms with Gasteiger partial charge in [0.2, 0.25) is 0 Å². The molecule has 1 aliphatic rings. The maximum absolute atomic E-state index is 2.43. The van der Waals surface area contributed by atoms with Gasteiger partial charge in [0.1, 0.15) is 0 Å². The van der Waals surface area contributed by atoms with Crippen LogP contribution in [-0.2, 0) is 24.7 Å². The minimum absolute atomic E-state index is 0.662. The summed E-state index contributed by atoms with van der Waals surface area (Å²) in [6.45, 7) is 7.20. The summed E-state index contributed by atoms with van der Waals surface area (Å²) in [6, 6.07) is 8.97. The van der Waals surface area contributed by atoms with Crippen LogP contribution in [0.1, 0.15) is 21.7 Å². The van der Waals surface area contributed by atoms with Crippen molar-refractivity contribution in [3.63, 3.8) is 0 Å². The molecular weight excluding hydrogens is 263 g/mol. The molecule has 0 aromatic heterocycles. The molecule has 0 saturated carbocycles. The summed E-state index contributed by atoms with van der Waals surface area (Å²) in [5.41, 5.74) is 4.80. The second-order valence-electron chi connectivity index (χ2n) is 4.27. The molecule has 0 fully saturated rings. The van der Waals surface area contributed by atoms with Crippen LogP contribution in [-0.4, -0.2) is 8.80 Å². The zero-order chi connectivity index (χ0) is 10.3. The molecule has 0 amide bonds. The first-order valence-electron chi connectivity index (χ1n) is 5.14. The van der Waals surface area contributed by atoms with Gasteiger partial charge in [-0.25, -0.2) is 0 Å². The molecule has 0 heterocycles. The number of allylic oxidation sites excluding steroid dienone is 1. The molecule has 0 N–H and O–H groups in total. The van der Waals surface area contributed by atoms with Crippen molar-refractivity contribution in [3.8, 4) is 0 Å². The van der Waals surface area contributed by atoms with Gasteiger partial charge in [-0.2, -0.15) is 0 Å². The zero-order valence-electron chi connectivity index (χ0n) is 8.96. The Labute approximate surface area is 103 Å². The van der Waals surface area contributed by atoms with Crippen molar-refractivity contribution in [2.24, 2.45) is 0 Å². The van der Waals surface area contributed by atoms with Crippen LogP contribution in [0.25, 0.3) is 5.20 Å². The molecular formula is C12H15SiZr. The van der Waals surface area contributed by atoms with Crippen molar-refractivity contribution in [2.75, 3.05) is 0 Å². The first kappa shape index (κ1) is 10.6. The van der Waals surface area contributed by atoms with Crippen LogP contribution < -0.4 is 0 Å². The third kappa shape index (κ3) is 1.53. The Balaban J connectivity index is 2.61. The van der Waals surface area contributed by atoms with Crippen LogP contribution in [0, 0.1) is 0 Å². The SMILES string of the molecule is CC1=C([SiH](C)C)c2ccccc2[CH]1[Zr]. The van der Waals surface area contributed by atoms with E-state index in [1.165, 1.54) is 0 Å². The van der Waals surface area contributed by atoms with Crippen molar-refractivity contribution in [1.29, 1.82) is 0 Å². The van der Waals surface area contributed by atoms with Crippen LogP contribution in [0.2, 0.25) is 13.1 Å². The van der Waals surface area contributed by atoms with Crippen molar-refractivity contribution in [1.82, 2.24) is 0 Å². The van der Waals surface area contributed by atoms with Gasteiger partial charge in [-0.15, -0.1) is 0 Å². The average molecular weight is 279 g/mol. The van der Waals surface area contributed by atoms with E-state index < -0.39 is 8.80 Å². The number of fused-ring (bicyclic) bond motifs is 1. The van der Waals surface area contributed by atoms with E-state index in [4.69, 9.17) is 0 Å². The Morgan fingerprint density at radius 1 is 1.21 bits per heavy atom. The van der Waals surface area contributed by atoms with E-state index in [-0.39, 0.29) is 0 Å². The predicted octanol–water partition coefficient (Wildman–Crippen LogP) is 3.09. The fraction of sp³-hybridized carbons (Fsp3) is 0.333. The van der Waals surface area contributed by atoms with E-state index in [9.17, 15) is 0 Å². The van der Waals surface area contributed by atoms with Gasteiger partial charge in [-0.05, 0) is 0 Å². The van der Waals surface area contributed by atoms with Gasteiger partial charge in [-0.3, -0.25) is 0 Å². The van der Waals surface area contributed by atoms with Crippen molar-refractivity contribution in [2.45, 2.75) is 23.6 Å². The molecule has 2 heteroatoms. The van der Waals surface area contributed by atoms with Gasteiger partial charge < -0.3 is 0 Å². The molecule has 0 spiro atoms. The Morgan fingerprint density at radius 2 is 1.86 bits per heavy atom. The first-order valence-corrected chi connectivity index (χ1v) is 9.44. The van der Waals surface area contributed by atoms with E-state index in [0.717, 1.165) is 3.63 Å². The summed E-state index contributed by atoms with van der Waals surface area (Å²) in [4.78, 5) is 0. The predicted molar refractivity (Wildman–Crippen MR) is 60.7 cm³/mol. The summed E-state index contributed by atoms with van der Waals surface area (Å²) in [5, 5.41) is 1.72. The minimum atomic E-state index is -0.662. The summed E-state index contributed by atoms with van der Waals surface area (Å²) in [5.74, 6) is 0. The Hall–Kier alpha value is 0.0600. The summed E-state index contributed by atoms with van der Waals surface area (Å²) >= 11 is 1.64. The molecule has 0 bridgehead atoms. The number of hydrogen-bond donors (Lipinski definition) is 0. The molecule has 1 atom stereocenters. The van der Waals surface area contributed by atoms with Crippen LogP contribution >= 0.6 is 0 Å². The average Bonchev–Trinajstić information content (AvgIpc) is 2.41. The Kier molecular flexibility index (Phi) is 2.95. The van der Waals surface area contributed by atoms with Gasteiger partial charge >= 0.3 is 103 Å².